The molecule has 7 nitrogen and oxygen atoms in total. The van der Waals surface area contributed by atoms with Crippen LogP contribution in [0.5, 0.6) is 0 Å². The number of halogens is 2. The number of aryl methyl sites for hydroxylation is 1. The van der Waals surface area contributed by atoms with Gasteiger partial charge in [0.05, 0.1) is 16.2 Å². The molecule has 1 amide bonds. The van der Waals surface area contributed by atoms with E-state index in [9.17, 15) is 27.1 Å². The lowest BCUT2D eigenvalue weighted by atomic mass is 10.0. The van der Waals surface area contributed by atoms with E-state index in [1.54, 1.807) is 12.1 Å². The van der Waals surface area contributed by atoms with E-state index in [0.29, 0.717) is 13.0 Å². The van der Waals surface area contributed by atoms with Crippen molar-refractivity contribution in [3.8, 4) is 0 Å². The Kier molecular flexibility index (Phi) is 10.2. The van der Waals surface area contributed by atoms with Gasteiger partial charge in [-0.1, -0.05) is 37.3 Å². The molecule has 3 aromatic rings. The zero-order valence-corrected chi connectivity index (χ0v) is 23.9. The molecule has 0 radical (unpaired) electrons. The first-order valence-corrected chi connectivity index (χ1v) is 15.4. The quantitative estimate of drug-likeness (QED) is 0.317. The number of rotatable bonds is 11. The summed E-state index contributed by atoms with van der Waals surface area (Å²) in [5, 5.41) is 13.6. The van der Waals surface area contributed by atoms with Gasteiger partial charge in [-0.25, -0.2) is 17.2 Å². The molecule has 0 aromatic heterocycles. The van der Waals surface area contributed by atoms with Crippen LogP contribution in [0.1, 0.15) is 46.8 Å². The minimum absolute atomic E-state index is 0.00759. The van der Waals surface area contributed by atoms with E-state index in [4.69, 9.17) is 5.73 Å². The number of nitrogens with two attached hydrogens (primary N) is 1. The molecular formula is C31H37F2N3O4S. The molecule has 0 bridgehead atoms. The fraction of sp³-hybridized carbons (Fsp3) is 0.387. The monoisotopic (exact) mass is 585 g/mol. The van der Waals surface area contributed by atoms with Crippen LogP contribution in [0, 0.1) is 11.6 Å². The standard InChI is InChI=1S/C31H37F2N3O4S/c1-2-21-6-3-7-22(12-21)19-36(20-30(37)29(34)15-23-13-25(32)17-26(33)14-23)31(38)24-8-4-9-27(16-24)41(39,40)28-10-5-11-35-18-28/h3-4,6-9,12-14,16-17,28-30,35,37H,2,5,10-11,15,18-20,34H2,1H3. The summed E-state index contributed by atoms with van der Waals surface area (Å²) in [6, 6.07) is 15.9. The van der Waals surface area contributed by atoms with E-state index in [1.807, 2.05) is 31.2 Å². The van der Waals surface area contributed by atoms with Crippen molar-refractivity contribution in [3.05, 3.63) is 101 Å². The number of aliphatic hydroxyl groups excluding tert-OH is 1. The summed E-state index contributed by atoms with van der Waals surface area (Å²) < 4.78 is 54.0. The van der Waals surface area contributed by atoms with Crippen molar-refractivity contribution in [2.45, 2.75) is 61.4 Å². The number of carbonyl (C=O) groups excluding carboxylic acids is 1. The maximum atomic E-state index is 13.8. The van der Waals surface area contributed by atoms with Crippen LogP contribution in [-0.4, -0.2) is 61.4 Å². The summed E-state index contributed by atoms with van der Waals surface area (Å²) in [6.07, 6.45) is 0.877. The Morgan fingerprint density at radius 1 is 1.05 bits per heavy atom. The molecule has 1 aliphatic heterocycles. The van der Waals surface area contributed by atoms with Crippen LogP contribution in [0.3, 0.4) is 0 Å². The minimum atomic E-state index is -3.65. The van der Waals surface area contributed by atoms with Gasteiger partial charge in [0.25, 0.3) is 5.91 Å². The molecule has 1 fully saturated rings. The number of piperidine rings is 1. The summed E-state index contributed by atoms with van der Waals surface area (Å²) in [5.41, 5.74) is 8.60. The third kappa shape index (κ3) is 7.97. The van der Waals surface area contributed by atoms with Crippen molar-refractivity contribution < 1.29 is 27.1 Å². The Balaban J connectivity index is 1.59. The highest BCUT2D eigenvalue weighted by Gasteiger charge is 2.30. The second kappa shape index (κ2) is 13.7. The Bertz CT molecular complexity index is 1440. The van der Waals surface area contributed by atoms with Crippen LogP contribution in [0.25, 0.3) is 0 Å². The minimum Gasteiger partial charge on any atom is -0.390 e. The van der Waals surface area contributed by atoms with E-state index in [0.717, 1.165) is 48.7 Å². The molecule has 0 aliphatic carbocycles. The number of benzene rings is 3. The average Bonchev–Trinajstić information content (AvgIpc) is 2.96. The van der Waals surface area contributed by atoms with Gasteiger partial charge >= 0.3 is 0 Å². The van der Waals surface area contributed by atoms with E-state index in [2.05, 4.69) is 5.32 Å². The van der Waals surface area contributed by atoms with E-state index < -0.39 is 44.8 Å². The second-order valence-corrected chi connectivity index (χ2v) is 12.8. The highest BCUT2D eigenvalue weighted by Crippen LogP contribution is 2.23. The number of carbonyl (C=O) groups is 1. The molecule has 0 saturated carbocycles. The van der Waals surface area contributed by atoms with Gasteiger partial charge in [-0.2, -0.15) is 0 Å². The Morgan fingerprint density at radius 2 is 1.76 bits per heavy atom. The Morgan fingerprint density at radius 3 is 2.44 bits per heavy atom. The third-order valence-electron chi connectivity index (χ3n) is 7.46. The Hall–Kier alpha value is -3.18. The highest BCUT2D eigenvalue weighted by atomic mass is 32.2. The lowest BCUT2D eigenvalue weighted by Crippen LogP contribution is -2.46. The molecule has 1 saturated heterocycles. The Labute approximate surface area is 240 Å². The fourth-order valence-corrected chi connectivity index (χ4v) is 6.91. The molecule has 1 heterocycles. The molecule has 220 valence electrons. The number of nitrogens with zero attached hydrogens (tertiary/aromatic N) is 1. The summed E-state index contributed by atoms with van der Waals surface area (Å²) in [7, 11) is -3.65. The largest absolute Gasteiger partial charge is 0.390 e. The maximum absolute atomic E-state index is 13.8. The normalized spacial score (nSPS) is 17.1. The topological polar surface area (TPSA) is 113 Å². The van der Waals surface area contributed by atoms with Gasteiger partial charge < -0.3 is 21.1 Å². The van der Waals surface area contributed by atoms with Gasteiger partial charge in [-0.05, 0) is 79.3 Å². The molecule has 0 spiro atoms. The van der Waals surface area contributed by atoms with E-state index in [-0.39, 0.29) is 35.5 Å². The van der Waals surface area contributed by atoms with E-state index >= 15 is 0 Å². The molecule has 1 aliphatic rings. The van der Waals surface area contributed by atoms with Gasteiger partial charge in [0.15, 0.2) is 9.84 Å². The van der Waals surface area contributed by atoms with Crippen molar-refractivity contribution in [1.29, 1.82) is 0 Å². The number of hydrogen-bond donors (Lipinski definition) is 3. The van der Waals surface area contributed by atoms with Gasteiger partial charge in [0.1, 0.15) is 11.6 Å². The number of nitrogens with one attached hydrogen (secondary N) is 1. The molecule has 10 heteroatoms. The molecule has 4 N–H and O–H groups in total. The molecule has 3 aromatic carbocycles. The van der Waals surface area contributed by atoms with Crippen molar-refractivity contribution >= 4 is 15.7 Å². The van der Waals surface area contributed by atoms with Crippen LogP contribution >= 0.6 is 0 Å². The zero-order chi connectivity index (χ0) is 29.6. The van der Waals surface area contributed by atoms with Gasteiger partial charge in [-0.3, -0.25) is 4.79 Å². The zero-order valence-electron chi connectivity index (χ0n) is 23.1. The fourth-order valence-electron chi connectivity index (χ4n) is 5.15. The first-order chi connectivity index (χ1) is 19.6. The summed E-state index contributed by atoms with van der Waals surface area (Å²) in [6.45, 7) is 3.14. The van der Waals surface area contributed by atoms with Gasteiger partial charge in [0, 0.05) is 37.3 Å². The first-order valence-electron chi connectivity index (χ1n) is 13.9. The molecule has 41 heavy (non-hydrogen) atoms. The number of hydrogen-bond acceptors (Lipinski definition) is 6. The summed E-state index contributed by atoms with van der Waals surface area (Å²) in [5.74, 6) is -1.95. The molecular weight excluding hydrogens is 548 g/mol. The van der Waals surface area contributed by atoms with Crippen molar-refractivity contribution in [2.75, 3.05) is 19.6 Å². The van der Waals surface area contributed by atoms with Crippen molar-refractivity contribution in [3.63, 3.8) is 0 Å². The predicted molar refractivity (Wildman–Crippen MR) is 154 cm³/mol. The van der Waals surface area contributed by atoms with Crippen LogP contribution in [0.2, 0.25) is 0 Å². The number of sulfone groups is 1. The average molecular weight is 586 g/mol. The number of aliphatic hydroxyl groups is 1. The predicted octanol–water partition coefficient (Wildman–Crippen LogP) is 3.63. The van der Waals surface area contributed by atoms with Gasteiger partial charge in [0.2, 0.25) is 0 Å². The second-order valence-electron chi connectivity index (χ2n) is 10.6. The third-order valence-corrected chi connectivity index (χ3v) is 9.65. The molecule has 3 unspecified atom stereocenters. The molecule has 3 atom stereocenters. The summed E-state index contributed by atoms with van der Waals surface area (Å²) >= 11 is 0. The molecule has 4 rings (SSSR count). The van der Waals surface area contributed by atoms with Crippen LogP contribution in [0.4, 0.5) is 8.78 Å². The number of amides is 1. The summed E-state index contributed by atoms with van der Waals surface area (Å²) in [4.78, 5) is 15.3. The van der Waals surface area contributed by atoms with Crippen LogP contribution in [-0.2, 0) is 29.2 Å². The van der Waals surface area contributed by atoms with Crippen LogP contribution < -0.4 is 11.1 Å². The van der Waals surface area contributed by atoms with E-state index in [1.165, 1.54) is 17.0 Å². The van der Waals surface area contributed by atoms with Crippen molar-refractivity contribution in [2.24, 2.45) is 5.73 Å². The smallest absolute Gasteiger partial charge is 0.254 e. The lowest BCUT2D eigenvalue weighted by molar-refractivity contribution is 0.0554. The SMILES string of the molecule is CCc1cccc(CN(CC(O)C(N)Cc2cc(F)cc(F)c2)C(=O)c2cccc(S(=O)(=O)C3CCCNC3)c2)c1. The lowest BCUT2D eigenvalue weighted by Gasteiger charge is -2.29. The van der Waals surface area contributed by atoms with Gasteiger partial charge in [-0.15, -0.1) is 0 Å². The highest BCUT2D eigenvalue weighted by molar-refractivity contribution is 7.92. The maximum Gasteiger partial charge on any atom is 0.254 e. The van der Waals surface area contributed by atoms with Crippen LogP contribution in [0.15, 0.2) is 71.6 Å². The first kappa shape index (κ1) is 30.8. The van der Waals surface area contributed by atoms with Crippen molar-refractivity contribution in [1.82, 2.24) is 10.2 Å².